The highest BCUT2D eigenvalue weighted by molar-refractivity contribution is 14.1. The normalized spacial score (nSPS) is 16.6. The standard InChI is InChI=1S/C25H29BINO4/c1-4-7-17(2)20-11-12-26(30)32-23(20)10-9-19(22-8-5-6-13-28-22)14-18-15-21(27)25(29)24(16-18)31-3/h5-6,8,11,13-16,23,29-30H,2,4,7,9-10,12H2,1,3H3/b19-14-. The minimum absolute atomic E-state index is 0.137. The SMILES string of the molecule is C=C(CCC)C1=CCB(O)OC1CC/C(=C/c1cc(I)c(O)c(OC)c1)c1ccccn1. The maximum Gasteiger partial charge on any atom is 0.458 e. The van der Waals surface area contributed by atoms with E-state index in [1.165, 1.54) is 0 Å². The van der Waals surface area contributed by atoms with Crippen molar-refractivity contribution in [3.8, 4) is 11.5 Å². The summed E-state index contributed by atoms with van der Waals surface area (Å²) in [4.78, 5) is 4.55. The van der Waals surface area contributed by atoms with Gasteiger partial charge in [0.05, 0.1) is 22.5 Å². The second kappa shape index (κ2) is 11.7. The molecule has 32 heavy (non-hydrogen) atoms. The molecule has 2 N–H and O–H groups in total. The molecule has 2 heterocycles. The van der Waals surface area contributed by atoms with Gasteiger partial charge < -0.3 is 19.5 Å². The molecular weight excluding hydrogens is 516 g/mol. The number of halogens is 1. The average Bonchev–Trinajstić information content (AvgIpc) is 2.79. The van der Waals surface area contributed by atoms with Crippen molar-refractivity contribution in [3.63, 3.8) is 0 Å². The van der Waals surface area contributed by atoms with Crippen LogP contribution in [0.1, 0.15) is 43.9 Å². The molecule has 7 heteroatoms. The van der Waals surface area contributed by atoms with E-state index in [-0.39, 0.29) is 11.9 Å². The van der Waals surface area contributed by atoms with E-state index in [0.29, 0.717) is 28.5 Å². The molecule has 1 aliphatic rings. The molecule has 0 bridgehead atoms. The maximum atomic E-state index is 10.2. The van der Waals surface area contributed by atoms with E-state index in [9.17, 15) is 10.1 Å². The van der Waals surface area contributed by atoms with Gasteiger partial charge in [-0.25, -0.2) is 0 Å². The van der Waals surface area contributed by atoms with E-state index >= 15 is 0 Å². The van der Waals surface area contributed by atoms with Crippen LogP contribution in [0.2, 0.25) is 6.32 Å². The van der Waals surface area contributed by atoms with Gasteiger partial charge in [0.2, 0.25) is 0 Å². The van der Waals surface area contributed by atoms with Crippen LogP contribution in [0.25, 0.3) is 11.6 Å². The first-order chi connectivity index (χ1) is 15.4. The van der Waals surface area contributed by atoms with Gasteiger partial charge in [0.15, 0.2) is 11.5 Å². The number of phenolic OH excluding ortho intramolecular Hbond substituents is 1. The molecule has 5 nitrogen and oxygen atoms in total. The molecule has 1 atom stereocenters. The molecule has 0 radical (unpaired) electrons. The van der Waals surface area contributed by atoms with Crippen molar-refractivity contribution in [2.45, 2.75) is 45.0 Å². The highest BCUT2D eigenvalue weighted by Crippen LogP contribution is 2.35. The van der Waals surface area contributed by atoms with Gasteiger partial charge in [-0.3, -0.25) is 4.98 Å². The molecule has 1 unspecified atom stereocenters. The lowest BCUT2D eigenvalue weighted by Gasteiger charge is -2.28. The van der Waals surface area contributed by atoms with Crippen LogP contribution in [0, 0.1) is 3.57 Å². The predicted octanol–water partition coefficient (Wildman–Crippen LogP) is 5.88. The van der Waals surface area contributed by atoms with E-state index in [4.69, 9.17) is 9.39 Å². The van der Waals surface area contributed by atoms with Crippen molar-refractivity contribution in [2.75, 3.05) is 7.11 Å². The number of aromatic hydroxyl groups is 1. The Balaban J connectivity index is 1.90. The Kier molecular flexibility index (Phi) is 8.96. The van der Waals surface area contributed by atoms with Crippen molar-refractivity contribution in [1.82, 2.24) is 4.98 Å². The number of phenols is 1. The minimum Gasteiger partial charge on any atom is -0.504 e. The van der Waals surface area contributed by atoms with Crippen molar-refractivity contribution in [3.05, 3.63) is 75.2 Å². The topological polar surface area (TPSA) is 71.8 Å². The molecule has 168 valence electrons. The van der Waals surface area contributed by atoms with Crippen LogP contribution in [0.5, 0.6) is 11.5 Å². The lowest BCUT2D eigenvalue weighted by Crippen LogP contribution is -2.31. The van der Waals surface area contributed by atoms with Crippen LogP contribution in [-0.2, 0) is 4.65 Å². The third-order valence-electron chi connectivity index (χ3n) is 5.45. The highest BCUT2D eigenvalue weighted by atomic mass is 127. The van der Waals surface area contributed by atoms with Gasteiger partial charge in [0, 0.05) is 12.5 Å². The Hall–Kier alpha value is -2.10. The molecule has 1 aliphatic heterocycles. The zero-order valence-corrected chi connectivity index (χ0v) is 20.7. The molecule has 1 aromatic heterocycles. The molecule has 3 rings (SSSR count). The zero-order valence-electron chi connectivity index (χ0n) is 18.6. The average molecular weight is 545 g/mol. The molecule has 2 aromatic rings. The number of hydrogen-bond acceptors (Lipinski definition) is 5. The van der Waals surface area contributed by atoms with E-state index < -0.39 is 7.12 Å². The fourth-order valence-electron chi connectivity index (χ4n) is 3.87. The summed E-state index contributed by atoms with van der Waals surface area (Å²) in [7, 11) is 0.754. The van der Waals surface area contributed by atoms with Crippen molar-refractivity contribution in [1.29, 1.82) is 0 Å². The molecule has 0 fully saturated rings. The summed E-state index contributed by atoms with van der Waals surface area (Å²) in [5.74, 6) is 0.571. The van der Waals surface area contributed by atoms with Crippen LogP contribution in [0.3, 0.4) is 0 Å². The molecule has 0 saturated carbocycles. The number of ether oxygens (including phenoxy) is 1. The molecular formula is C25H29BINO4. The smallest absolute Gasteiger partial charge is 0.458 e. The van der Waals surface area contributed by atoms with Crippen LogP contribution < -0.4 is 4.74 Å². The second-order valence-corrected chi connectivity index (χ2v) is 8.97. The Labute approximate surface area is 204 Å². The summed E-state index contributed by atoms with van der Waals surface area (Å²) >= 11 is 2.10. The van der Waals surface area contributed by atoms with Crippen molar-refractivity contribution in [2.24, 2.45) is 0 Å². The molecule has 1 aromatic carbocycles. The number of pyridine rings is 1. The number of methoxy groups -OCH3 is 1. The summed E-state index contributed by atoms with van der Waals surface area (Å²) in [6, 6.07) is 9.57. The fraction of sp³-hybridized carbons (Fsp3) is 0.320. The van der Waals surface area contributed by atoms with Gasteiger partial charge in [-0.15, -0.1) is 0 Å². The molecule has 0 amide bonds. The van der Waals surface area contributed by atoms with Gasteiger partial charge in [0.1, 0.15) is 0 Å². The van der Waals surface area contributed by atoms with Crippen LogP contribution in [0.4, 0.5) is 0 Å². The van der Waals surface area contributed by atoms with Gasteiger partial charge in [-0.05, 0) is 94.5 Å². The van der Waals surface area contributed by atoms with Crippen LogP contribution >= 0.6 is 22.6 Å². The predicted molar refractivity (Wildman–Crippen MR) is 139 cm³/mol. The van der Waals surface area contributed by atoms with Crippen LogP contribution in [-0.4, -0.2) is 35.4 Å². The molecule has 0 spiro atoms. The second-order valence-electron chi connectivity index (χ2n) is 7.80. The van der Waals surface area contributed by atoms with Gasteiger partial charge in [0.25, 0.3) is 0 Å². The third kappa shape index (κ3) is 6.24. The summed E-state index contributed by atoms with van der Waals surface area (Å²) in [6.45, 7) is 6.37. The quantitative estimate of drug-likeness (QED) is 0.304. The Morgan fingerprint density at radius 3 is 2.88 bits per heavy atom. The van der Waals surface area contributed by atoms with E-state index in [1.54, 1.807) is 13.3 Å². The maximum absolute atomic E-state index is 10.2. The number of hydrogen-bond donors (Lipinski definition) is 2. The first-order valence-corrected chi connectivity index (χ1v) is 11.9. The summed E-state index contributed by atoms with van der Waals surface area (Å²) < 4.78 is 11.9. The Morgan fingerprint density at radius 2 is 2.19 bits per heavy atom. The molecule has 0 saturated heterocycles. The first-order valence-electron chi connectivity index (χ1n) is 10.8. The summed E-state index contributed by atoms with van der Waals surface area (Å²) in [5, 5.41) is 20.3. The number of rotatable bonds is 9. The van der Waals surface area contributed by atoms with Gasteiger partial charge in [-0.2, -0.15) is 0 Å². The summed E-state index contributed by atoms with van der Waals surface area (Å²) in [6.07, 6.45) is 9.51. The largest absolute Gasteiger partial charge is 0.504 e. The van der Waals surface area contributed by atoms with Crippen molar-refractivity contribution >= 4 is 41.4 Å². The first kappa shape index (κ1) is 24.5. The van der Waals surface area contributed by atoms with E-state index in [2.05, 4.69) is 53.2 Å². The summed E-state index contributed by atoms with van der Waals surface area (Å²) in [5.41, 5.74) is 5.01. The fourth-order valence-corrected chi connectivity index (χ4v) is 4.49. The van der Waals surface area contributed by atoms with Gasteiger partial charge >= 0.3 is 7.12 Å². The number of benzene rings is 1. The highest BCUT2D eigenvalue weighted by Gasteiger charge is 2.28. The lowest BCUT2D eigenvalue weighted by atomic mass is 9.77. The number of allylic oxidation sites excluding steroid dienone is 2. The van der Waals surface area contributed by atoms with E-state index in [0.717, 1.165) is 40.8 Å². The molecule has 0 aliphatic carbocycles. The Morgan fingerprint density at radius 1 is 1.38 bits per heavy atom. The van der Waals surface area contributed by atoms with Gasteiger partial charge in [-0.1, -0.05) is 32.1 Å². The van der Waals surface area contributed by atoms with Crippen LogP contribution in [0.15, 0.2) is 60.3 Å². The Bertz CT molecular complexity index is 1010. The number of aromatic nitrogens is 1. The third-order valence-corrected chi connectivity index (χ3v) is 6.27. The monoisotopic (exact) mass is 545 g/mol. The minimum atomic E-state index is -0.789. The number of nitrogens with zero attached hydrogens (tertiary/aromatic N) is 1. The zero-order chi connectivity index (χ0) is 23.1. The lowest BCUT2D eigenvalue weighted by molar-refractivity contribution is 0.184. The van der Waals surface area contributed by atoms with E-state index in [1.807, 2.05) is 30.3 Å². The van der Waals surface area contributed by atoms with Crippen molar-refractivity contribution < 1.29 is 19.5 Å².